The number of aryl methyl sites for hydroxylation is 4. The highest BCUT2D eigenvalue weighted by atomic mass is 16.5. The molecule has 0 unspecified atom stereocenters. The minimum atomic E-state index is -0.668. The molecule has 1 saturated heterocycles. The highest BCUT2D eigenvalue weighted by Crippen LogP contribution is 2.33. The van der Waals surface area contributed by atoms with E-state index in [2.05, 4.69) is 31.0 Å². The number of benzene rings is 2. The van der Waals surface area contributed by atoms with E-state index in [0.717, 1.165) is 26.2 Å². The van der Waals surface area contributed by atoms with Crippen LogP contribution in [0.15, 0.2) is 48.6 Å². The monoisotopic (exact) mass is 892 g/mol. The van der Waals surface area contributed by atoms with Crippen LogP contribution in [-0.4, -0.2) is 127 Å². The summed E-state index contributed by atoms with van der Waals surface area (Å²) in [5.41, 5.74) is 15.4. The lowest BCUT2D eigenvalue weighted by atomic mass is 9.93. The summed E-state index contributed by atoms with van der Waals surface area (Å²) in [6, 6.07) is 9.60. The Labute approximate surface area is 375 Å². The van der Waals surface area contributed by atoms with Gasteiger partial charge in [0, 0.05) is 70.6 Å². The molecule has 0 atom stereocenters. The van der Waals surface area contributed by atoms with Crippen LogP contribution in [0.4, 0.5) is 11.9 Å². The number of hydrogen-bond donors (Lipinski definition) is 5. The predicted molar refractivity (Wildman–Crippen MR) is 244 cm³/mol. The average Bonchev–Trinajstić information content (AvgIpc) is 4.04. The molecule has 0 radical (unpaired) electrons. The van der Waals surface area contributed by atoms with Crippen LogP contribution in [0.2, 0.25) is 0 Å². The van der Waals surface area contributed by atoms with Crippen LogP contribution in [0.25, 0.3) is 22.1 Å². The van der Waals surface area contributed by atoms with Gasteiger partial charge in [-0.25, -0.2) is 9.97 Å². The van der Waals surface area contributed by atoms with Gasteiger partial charge < -0.3 is 40.1 Å². The number of methoxy groups -OCH3 is 2. The first kappa shape index (κ1) is 45.9. The van der Waals surface area contributed by atoms with Crippen LogP contribution in [0.3, 0.4) is 0 Å². The van der Waals surface area contributed by atoms with Gasteiger partial charge in [0.05, 0.1) is 36.1 Å². The maximum absolute atomic E-state index is 13.9. The van der Waals surface area contributed by atoms with Crippen LogP contribution in [-0.2, 0) is 30.9 Å². The summed E-state index contributed by atoms with van der Waals surface area (Å²) in [7, 11) is 5.10. The van der Waals surface area contributed by atoms with Crippen molar-refractivity contribution in [2.45, 2.75) is 65.9 Å². The lowest BCUT2D eigenvalue weighted by Crippen LogP contribution is -2.66. The van der Waals surface area contributed by atoms with Crippen molar-refractivity contribution in [3.8, 4) is 11.5 Å². The topological polar surface area (TPSA) is 259 Å². The van der Waals surface area contributed by atoms with E-state index in [4.69, 9.17) is 35.6 Å². The number of amides is 4. The number of carbonyl (C=O) groups excluding carboxylic acids is 4. The third-order valence-electron chi connectivity index (χ3n) is 11.3. The molecule has 344 valence electrons. The third-order valence-corrected chi connectivity index (χ3v) is 11.3. The number of rotatable bonds is 21. The van der Waals surface area contributed by atoms with Gasteiger partial charge in [-0.1, -0.05) is 12.2 Å². The fourth-order valence-corrected chi connectivity index (χ4v) is 8.22. The van der Waals surface area contributed by atoms with E-state index >= 15 is 0 Å². The fourth-order valence-electron chi connectivity index (χ4n) is 8.22. The molecule has 0 spiro atoms. The first-order chi connectivity index (χ1) is 31.2. The zero-order chi connectivity index (χ0) is 46.6. The van der Waals surface area contributed by atoms with Crippen molar-refractivity contribution in [3.63, 3.8) is 0 Å². The molecule has 21 nitrogen and oxygen atoms in total. The quantitative estimate of drug-likeness (QED) is 0.0515. The third kappa shape index (κ3) is 9.57. The Balaban J connectivity index is 1.23. The molecule has 1 aliphatic heterocycles. The number of carbonyl (C=O) groups is 4. The smallest absolute Gasteiger partial charge is 0.276 e. The Kier molecular flexibility index (Phi) is 13.7. The second kappa shape index (κ2) is 19.3. The normalized spacial score (nSPS) is 13.7. The number of ether oxygens (including phenoxy) is 3. The summed E-state index contributed by atoms with van der Waals surface area (Å²) >= 11 is 0. The van der Waals surface area contributed by atoms with E-state index in [1.54, 1.807) is 56.8 Å². The number of fused-ring (bicyclic) bond motifs is 2. The number of aromatic nitrogens is 8. The molecule has 7 N–H and O–H groups in total. The summed E-state index contributed by atoms with van der Waals surface area (Å²) in [6.45, 7) is 12.1. The zero-order valence-electron chi connectivity index (χ0n) is 37.7. The fraction of sp³-hybridized carbons (Fsp3) is 0.409. The van der Waals surface area contributed by atoms with Gasteiger partial charge in [-0.05, 0) is 77.6 Å². The van der Waals surface area contributed by atoms with Crippen molar-refractivity contribution in [3.05, 3.63) is 82.5 Å². The number of hydrogen-bond acceptors (Lipinski definition) is 13. The summed E-state index contributed by atoms with van der Waals surface area (Å²) in [5, 5.41) is 17.9. The zero-order valence-corrected chi connectivity index (χ0v) is 37.7. The van der Waals surface area contributed by atoms with E-state index in [0.29, 0.717) is 82.5 Å². The Morgan fingerprint density at radius 3 is 1.69 bits per heavy atom. The van der Waals surface area contributed by atoms with Gasteiger partial charge >= 0.3 is 0 Å². The second-order valence-electron chi connectivity index (χ2n) is 15.9. The first-order valence-electron chi connectivity index (χ1n) is 21.4. The number of nitrogens with one attached hydrogen (secondary N) is 3. The van der Waals surface area contributed by atoms with Crippen LogP contribution in [0.1, 0.15) is 73.3 Å². The minimum absolute atomic E-state index is 0.162. The van der Waals surface area contributed by atoms with Gasteiger partial charge in [-0.2, -0.15) is 10.2 Å². The molecule has 0 bridgehead atoms. The van der Waals surface area contributed by atoms with E-state index in [1.165, 1.54) is 19.2 Å². The predicted octanol–water partition coefficient (Wildman–Crippen LogP) is 3.09. The van der Waals surface area contributed by atoms with Gasteiger partial charge in [0.1, 0.15) is 39.5 Å². The van der Waals surface area contributed by atoms with E-state index < -0.39 is 23.6 Å². The van der Waals surface area contributed by atoms with Crippen molar-refractivity contribution < 1.29 is 33.4 Å². The van der Waals surface area contributed by atoms with Gasteiger partial charge in [0.25, 0.3) is 11.8 Å². The number of anilines is 2. The SMILES string of the molecule is CCn1nc(C)cc1C(=O)Nc1nc2cc(C(N)=O)cc(OC)c2n1C/C=C/Cn1c(NC(=O)c2cc(C)nn2CC)nc2cc(C(N)=O)cc(OCCCN3CC(CNC)(OC)C3)c21. The molecule has 2 aromatic carbocycles. The van der Waals surface area contributed by atoms with Crippen molar-refractivity contribution >= 4 is 57.6 Å². The summed E-state index contributed by atoms with van der Waals surface area (Å²) in [5.74, 6) is -1.15. The Bertz CT molecular complexity index is 2790. The highest BCUT2D eigenvalue weighted by molar-refractivity contribution is 6.05. The van der Waals surface area contributed by atoms with E-state index in [9.17, 15) is 19.2 Å². The number of primary amides is 2. The molecule has 1 fully saturated rings. The van der Waals surface area contributed by atoms with Crippen LogP contribution >= 0.6 is 0 Å². The number of likely N-dealkylation sites (tertiary alicyclic amines) is 1. The summed E-state index contributed by atoms with van der Waals surface area (Å²) in [4.78, 5) is 64.2. The molecule has 0 aliphatic carbocycles. The Morgan fingerprint density at radius 1 is 0.754 bits per heavy atom. The maximum atomic E-state index is 13.9. The molecule has 1 aliphatic rings. The van der Waals surface area contributed by atoms with Crippen LogP contribution in [0, 0.1) is 13.8 Å². The van der Waals surface area contributed by atoms with Gasteiger partial charge in [-0.3, -0.25) is 44.1 Å². The largest absolute Gasteiger partial charge is 0.494 e. The molecule has 7 rings (SSSR count). The van der Waals surface area contributed by atoms with Gasteiger partial charge in [-0.15, -0.1) is 0 Å². The molecular formula is C44H56N14O7. The highest BCUT2D eigenvalue weighted by Gasteiger charge is 2.42. The standard InChI is InChI=1S/C44H56N14O7/c1-8-57-32(17-26(3)52-57)40(61)50-42-48-30-19-28(38(45)59)21-34(63-6)36(30)55(42)14-10-11-15-56-37-31(49-43(56)51-41(62)33-18-27(4)53-58(33)9-2)20-29(39(46)60)22-35(37)65-16-12-13-54-24-44(25-54,64-7)23-47-5/h10-11,17-22,47H,8-9,12-16,23-25H2,1-7H3,(H2,45,59)(H2,46,60)(H,48,50,61)(H,49,51,62)/b11-10+. The van der Waals surface area contributed by atoms with E-state index in [-0.39, 0.29) is 41.7 Å². The second-order valence-corrected chi connectivity index (χ2v) is 15.9. The minimum Gasteiger partial charge on any atom is -0.494 e. The molecule has 6 aromatic rings. The van der Waals surface area contributed by atoms with Crippen molar-refractivity contribution in [2.24, 2.45) is 11.5 Å². The number of likely N-dealkylation sites (N-methyl/N-ethyl adjacent to an activating group) is 1. The van der Waals surface area contributed by atoms with Gasteiger partial charge in [0.2, 0.25) is 23.7 Å². The average molecular weight is 893 g/mol. The Morgan fingerprint density at radius 2 is 1.25 bits per heavy atom. The molecule has 0 saturated carbocycles. The first-order valence-corrected chi connectivity index (χ1v) is 21.4. The van der Waals surface area contributed by atoms with Crippen LogP contribution < -0.4 is 36.9 Å². The van der Waals surface area contributed by atoms with Crippen LogP contribution in [0.5, 0.6) is 11.5 Å². The van der Waals surface area contributed by atoms with Crippen molar-refractivity contribution in [1.82, 2.24) is 48.9 Å². The molecule has 65 heavy (non-hydrogen) atoms. The summed E-state index contributed by atoms with van der Waals surface area (Å²) < 4.78 is 24.6. The lowest BCUT2D eigenvalue weighted by molar-refractivity contribution is -0.121. The number of nitrogens with zero attached hydrogens (tertiary/aromatic N) is 9. The molecule has 5 heterocycles. The molecule has 4 aromatic heterocycles. The summed E-state index contributed by atoms with van der Waals surface area (Å²) in [6.07, 6.45) is 4.39. The molecule has 4 amide bonds. The molecule has 21 heteroatoms. The van der Waals surface area contributed by atoms with Crippen molar-refractivity contribution in [1.29, 1.82) is 0 Å². The number of nitrogens with two attached hydrogens (primary N) is 2. The van der Waals surface area contributed by atoms with E-state index in [1.807, 2.05) is 40.0 Å². The van der Waals surface area contributed by atoms with Crippen molar-refractivity contribution in [2.75, 3.05) is 64.7 Å². The number of imidazole rings is 2. The molecular weight excluding hydrogens is 837 g/mol. The Hall–Kier alpha value is -7.10. The number of allylic oxidation sites excluding steroid dienone is 2. The lowest BCUT2D eigenvalue weighted by Gasteiger charge is -2.49. The maximum Gasteiger partial charge on any atom is 0.276 e. The van der Waals surface area contributed by atoms with Gasteiger partial charge in [0.15, 0.2) is 0 Å².